The lowest BCUT2D eigenvalue weighted by Crippen LogP contribution is -2.33. The summed E-state index contributed by atoms with van der Waals surface area (Å²) in [5.41, 5.74) is 3.02. The maximum Gasteiger partial charge on any atom is 0.333 e. The van der Waals surface area contributed by atoms with Crippen LogP contribution < -0.4 is 11.2 Å². The maximum absolute atomic E-state index is 13.4. The number of aromatic nitrogens is 2. The van der Waals surface area contributed by atoms with E-state index >= 15 is 0 Å². The summed E-state index contributed by atoms with van der Waals surface area (Å²) in [5, 5.41) is 1.87. The van der Waals surface area contributed by atoms with Crippen LogP contribution in [0.4, 0.5) is 0 Å². The van der Waals surface area contributed by atoms with Gasteiger partial charge in [0.1, 0.15) is 4.70 Å². The Bertz CT molecular complexity index is 1550. The second-order valence-corrected chi connectivity index (χ2v) is 8.84. The molecule has 1 aliphatic rings. The first kappa shape index (κ1) is 17.4. The van der Waals surface area contributed by atoms with E-state index in [2.05, 4.69) is 23.2 Å². The summed E-state index contributed by atoms with van der Waals surface area (Å²) in [6.45, 7) is 0. The van der Waals surface area contributed by atoms with Gasteiger partial charge < -0.3 is 4.98 Å². The number of rotatable bonds is 3. The Balaban J connectivity index is 1.60. The van der Waals surface area contributed by atoms with E-state index in [1.807, 2.05) is 54.6 Å². The van der Waals surface area contributed by atoms with Crippen LogP contribution in [0.5, 0.6) is 0 Å². The van der Waals surface area contributed by atoms with Crippen molar-refractivity contribution in [2.45, 2.75) is 18.8 Å². The van der Waals surface area contributed by atoms with Crippen LogP contribution in [0, 0.1) is 0 Å². The average molecular weight is 410 g/mol. The fourth-order valence-electron chi connectivity index (χ4n) is 4.23. The third-order valence-corrected chi connectivity index (χ3v) is 6.98. The zero-order valence-corrected chi connectivity index (χ0v) is 16.9. The summed E-state index contributed by atoms with van der Waals surface area (Å²) in [6, 6.07) is 23.8. The van der Waals surface area contributed by atoms with Crippen molar-refractivity contribution in [2.24, 2.45) is 0 Å². The standard InChI is InChI=1S/C25H18N2O2S/c28-24-23-20(14-22(30-23)19-10-4-3-8-17(19)16-12-13-16)26-25(29)27(24)21-11-5-7-15-6-1-2-9-18(15)21/h1-11,14,16H,12-13H2,(H,26,29). The van der Waals surface area contributed by atoms with Crippen molar-refractivity contribution >= 4 is 32.3 Å². The largest absolute Gasteiger partial charge is 0.333 e. The molecule has 0 radical (unpaired) electrons. The van der Waals surface area contributed by atoms with Crippen molar-refractivity contribution in [3.05, 3.63) is 99.2 Å². The number of H-pyrrole nitrogens is 1. The van der Waals surface area contributed by atoms with Gasteiger partial charge in [0.25, 0.3) is 5.56 Å². The lowest BCUT2D eigenvalue weighted by atomic mass is 10.0. The average Bonchev–Trinajstić information content (AvgIpc) is 3.53. The smallest absolute Gasteiger partial charge is 0.306 e. The molecule has 0 bridgehead atoms. The van der Waals surface area contributed by atoms with Crippen LogP contribution in [-0.4, -0.2) is 9.55 Å². The van der Waals surface area contributed by atoms with E-state index in [1.165, 1.54) is 34.3 Å². The molecule has 146 valence electrons. The van der Waals surface area contributed by atoms with Crippen molar-refractivity contribution in [3.8, 4) is 16.1 Å². The normalized spacial score (nSPS) is 13.9. The molecule has 5 aromatic rings. The van der Waals surface area contributed by atoms with Crippen molar-refractivity contribution in [1.82, 2.24) is 9.55 Å². The first-order valence-electron chi connectivity index (χ1n) is 10.1. The van der Waals surface area contributed by atoms with Gasteiger partial charge in [-0.25, -0.2) is 9.36 Å². The van der Waals surface area contributed by atoms with E-state index < -0.39 is 5.69 Å². The predicted octanol–water partition coefficient (Wildman–Crippen LogP) is 5.44. The molecule has 0 aliphatic heterocycles. The first-order chi connectivity index (χ1) is 14.7. The van der Waals surface area contributed by atoms with Gasteiger partial charge in [-0.2, -0.15) is 0 Å². The number of hydrogen-bond donors (Lipinski definition) is 1. The van der Waals surface area contributed by atoms with E-state index in [0.29, 0.717) is 21.8 Å². The van der Waals surface area contributed by atoms with E-state index in [4.69, 9.17) is 0 Å². The second kappa shape index (κ2) is 6.54. The van der Waals surface area contributed by atoms with Gasteiger partial charge in [-0.3, -0.25) is 4.79 Å². The third kappa shape index (κ3) is 2.66. The monoisotopic (exact) mass is 410 g/mol. The lowest BCUT2D eigenvalue weighted by Gasteiger charge is -2.08. The molecule has 1 fully saturated rings. The highest BCUT2D eigenvalue weighted by atomic mass is 32.1. The van der Waals surface area contributed by atoms with Crippen LogP contribution in [0.3, 0.4) is 0 Å². The molecule has 30 heavy (non-hydrogen) atoms. The Morgan fingerprint density at radius 2 is 1.67 bits per heavy atom. The van der Waals surface area contributed by atoms with E-state index in [1.54, 1.807) is 0 Å². The maximum atomic E-state index is 13.4. The molecule has 0 atom stereocenters. The summed E-state index contributed by atoms with van der Waals surface area (Å²) in [7, 11) is 0. The molecule has 1 saturated carbocycles. The van der Waals surface area contributed by atoms with Gasteiger partial charge in [-0.15, -0.1) is 11.3 Å². The molecular formula is C25H18N2O2S. The summed E-state index contributed by atoms with van der Waals surface area (Å²) >= 11 is 1.46. The number of nitrogens with one attached hydrogen (secondary N) is 1. The van der Waals surface area contributed by atoms with E-state index in [9.17, 15) is 9.59 Å². The highest BCUT2D eigenvalue weighted by Crippen LogP contribution is 2.45. The van der Waals surface area contributed by atoms with E-state index in [0.717, 1.165) is 21.2 Å². The van der Waals surface area contributed by atoms with Gasteiger partial charge in [0.15, 0.2) is 0 Å². The van der Waals surface area contributed by atoms with E-state index in [-0.39, 0.29) is 5.56 Å². The Hall–Kier alpha value is -3.44. The topological polar surface area (TPSA) is 54.9 Å². The number of aromatic amines is 1. The lowest BCUT2D eigenvalue weighted by molar-refractivity contribution is 0.911. The Kier molecular flexibility index (Phi) is 3.80. The van der Waals surface area contributed by atoms with Gasteiger partial charge in [-0.1, -0.05) is 60.7 Å². The minimum atomic E-state index is -0.413. The highest BCUT2D eigenvalue weighted by molar-refractivity contribution is 7.22. The van der Waals surface area contributed by atoms with Crippen molar-refractivity contribution in [1.29, 1.82) is 0 Å². The van der Waals surface area contributed by atoms with Gasteiger partial charge in [0, 0.05) is 10.3 Å². The molecule has 2 heterocycles. The van der Waals surface area contributed by atoms with Crippen LogP contribution >= 0.6 is 11.3 Å². The molecule has 5 heteroatoms. The quantitative estimate of drug-likeness (QED) is 0.431. The van der Waals surface area contributed by atoms with Crippen molar-refractivity contribution in [2.75, 3.05) is 0 Å². The van der Waals surface area contributed by atoms with Gasteiger partial charge >= 0.3 is 5.69 Å². The second-order valence-electron chi connectivity index (χ2n) is 7.78. The Morgan fingerprint density at radius 1 is 0.900 bits per heavy atom. The Morgan fingerprint density at radius 3 is 2.53 bits per heavy atom. The molecule has 0 unspecified atom stereocenters. The minimum absolute atomic E-state index is 0.273. The van der Waals surface area contributed by atoms with Gasteiger partial charge in [0.05, 0.1) is 11.2 Å². The summed E-state index contributed by atoms with van der Waals surface area (Å²) in [5.74, 6) is 0.609. The molecule has 2 aromatic heterocycles. The number of hydrogen-bond acceptors (Lipinski definition) is 3. The van der Waals surface area contributed by atoms with Crippen LogP contribution in [0.1, 0.15) is 24.3 Å². The minimum Gasteiger partial charge on any atom is -0.306 e. The fraction of sp³-hybridized carbons (Fsp3) is 0.120. The van der Waals surface area contributed by atoms with Crippen molar-refractivity contribution < 1.29 is 0 Å². The Labute approximate surface area is 176 Å². The molecule has 1 aliphatic carbocycles. The zero-order valence-electron chi connectivity index (χ0n) is 16.1. The fourth-order valence-corrected chi connectivity index (χ4v) is 5.33. The van der Waals surface area contributed by atoms with Crippen molar-refractivity contribution in [3.63, 3.8) is 0 Å². The number of fused-ring (bicyclic) bond motifs is 2. The SMILES string of the molecule is O=c1[nH]c2cc(-c3ccccc3C3CC3)sc2c(=O)n1-c1cccc2ccccc12. The van der Waals surface area contributed by atoms with Crippen LogP contribution in [-0.2, 0) is 0 Å². The number of nitrogens with zero attached hydrogens (tertiary/aromatic N) is 1. The predicted molar refractivity (Wildman–Crippen MR) is 123 cm³/mol. The van der Waals surface area contributed by atoms with Crippen LogP contribution in [0.2, 0.25) is 0 Å². The summed E-state index contributed by atoms with van der Waals surface area (Å²) in [6.07, 6.45) is 2.43. The molecule has 0 saturated heterocycles. The van der Waals surface area contributed by atoms with Gasteiger partial charge in [-0.05, 0) is 47.4 Å². The molecule has 4 nitrogen and oxygen atoms in total. The zero-order chi connectivity index (χ0) is 20.2. The molecule has 6 rings (SSSR count). The summed E-state index contributed by atoms with van der Waals surface area (Å²) < 4.78 is 1.83. The first-order valence-corrected chi connectivity index (χ1v) is 10.9. The van der Waals surface area contributed by atoms with Crippen LogP contribution in [0.25, 0.3) is 37.1 Å². The van der Waals surface area contributed by atoms with Gasteiger partial charge in [0.2, 0.25) is 0 Å². The molecule has 0 amide bonds. The third-order valence-electron chi connectivity index (χ3n) is 5.83. The molecular weight excluding hydrogens is 392 g/mol. The number of benzene rings is 3. The molecule has 0 spiro atoms. The molecule has 3 aromatic carbocycles. The number of thiophene rings is 1. The molecule has 1 N–H and O–H groups in total. The summed E-state index contributed by atoms with van der Waals surface area (Å²) in [4.78, 5) is 30.3. The van der Waals surface area contributed by atoms with Crippen LogP contribution in [0.15, 0.2) is 82.4 Å². The highest BCUT2D eigenvalue weighted by Gasteiger charge is 2.26.